The van der Waals surface area contributed by atoms with E-state index in [0.29, 0.717) is 5.92 Å². The topological polar surface area (TPSA) is 26.0 Å². The molecule has 8 heavy (non-hydrogen) atoms. The van der Waals surface area contributed by atoms with Crippen LogP contribution in [0.25, 0.3) is 0 Å². The normalized spacial score (nSPS) is 18.8. The first-order valence-corrected chi connectivity index (χ1v) is 3.29. The second-order valence-corrected chi connectivity index (χ2v) is 3.01. The van der Waals surface area contributed by atoms with E-state index in [2.05, 4.69) is 27.7 Å². The Labute approximate surface area is 52.3 Å². The molecule has 0 fully saturated rings. The van der Waals surface area contributed by atoms with E-state index in [1.54, 1.807) is 0 Å². The Bertz CT molecular complexity index is 64.8. The fraction of sp³-hybridized carbons (Fsp3) is 1.00. The van der Waals surface area contributed by atoms with E-state index in [0.717, 1.165) is 6.42 Å². The van der Waals surface area contributed by atoms with Crippen LogP contribution < -0.4 is 5.73 Å². The van der Waals surface area contributed by atoms with Crippen molar-refractivity contribution in [1.82, 2.24) is 0 Å². The maximum atomic E-state index is 5.86. The molecule has 1 atom stereocenters. The van der Waals surface area contributed by atoms with Crippen LogP contribution in [0.4, 0.5) is 0 Å². The lowest BCUT2D eigenvalue weighted by Crippen LogP contribution is -2.40. The maximum absolute atomic E-state index is 5.86. The molecule has 0 saturated heterocycles. The number of rotatable bonds is 2. The van der Waals surface area contributed by atoms with Crippen molar-refractivity contribution in [2.75, 3.05) is 0 Å². The fourth-order valence-electron chi connectivity index (χ4n) is 0.408. The summed E-state index contributed by atoms with van der Waals surface area (Å²) in [6.07, 6.45) is 1.06. The second kappa shape index (κ2) is 2.49. The third kappa shape index (κ3) is 1.83. The van der Waals surface area contributed by atoms with Crippen LogP contribution in [-0.2, 0) is 0 Å². The van der Waals surface area contributed by atoms with Crippen molar-refractivity contribution in [1.29, 1.82) is 0 Å². The van der Waals surface area contributed by atoms with Gasteiger partial charge in [-0.15, -0.1) is 0 Å². The summed E-state index contributed by atoms with van der Waals surface area (Å²) in [6.45, 7) is 8.53. The van der Waals surface area contributed by atoms with Crippen LogP contribution in [0, 0.1) is 5.92 Å². The smallest absolute Gasteiger partial charge is 0.0146 e. The van der Waals surface area contributed by atoms with E-state index in [1.165, 1.54) is 0 Å². The molecule has 0 aromatic rings. The second-order valence-electron chi connectivity index (χ2n) is 3.01. The third-order valence-corrected chi connectivity index (χ3v) is 2.08. The molecule has 0 spiro atoms. The molecule has 0 saturated carbocycles. The number of hydrogen-bond donors (Lipinski definition) is 1. The third-order valence-electron chi connectivity index (χ3n) is 2.08. The molecule has 0 aliphatic heterocycles. The molecule has 0 aromatic heterocycles. The fourth-order valence-corrected chi connectivity index (χ4v) is 0.408. The molecule has 0 heterocycles. The van der Waals surface area contributed by atoms with Gasteiger partial charge in [0.2, 0.25) is 0 Å². The molecular weight excluding hydrogens is 98.1 g/mol. The molecule has 1 heteroatoms. The highest BCUT2D eigenvalue weighted by Gasteiger charge is 2.19. The zero-order chi connectivity index (χ0) is 6.78. The summed E-state index contributed by atoms with van der Waals surface area (Å²) in [5.74, 6) is 0.590. The molecule has 0 aliphatic carbocycles. The highest BCUT2D eigenvalue weighted by molar-refractivity contribution is 4.79. The van der Waals surface area contributed by atoms with Gasteiger partial charge < -0.3 is 5.73 Å². The highest BCUT2D eigenvalue weighted by Crippen LogP contribution is 2.15. The first-order chi connectivity index (χ1) is 3.50. The van der Waals surface area contributed by atoms with E-state index in [-0.39, 0.29) is 5.54 Å². The van der Waals surface area contributed by atoms with Gasteiger partial charge in [0, 0.05) is 5.54 Å². The quantitative estimate of drug-likeness (QED) is 0.583. The molecule has 0 radical (unpaired) electrons. The van der Waals surface area contributed by atoms with Crippen LogP contribution >= 0.6 is 0 Å². The molecular formula is C7H17N. The Kier molecular flexibility index (Phi) is 2.48. The van der Waals surface area contributed by atoms with Crippen molar-refractivity contribution in [3.8, 4) is 0 Å². The standard InChI is InChI=1S/C7H17N/c1-5-7(4,8)6(2)3/h6H,5,8H2,1-4H3. The zero-order valence-corrected chi connectivity index (χ0v) is 6.36. The Morgan fingerprint density at radius 3 is 1.88 bits per heavy atom. The largest absolute Gasteiger partial charge is 0.325 e. The molecule has 1 nitrogen and oxygen atoms in total. The molecule has 0 aliphatic rings. The average Bonchev–Trinajstić information content (AvgIpc) is 1.67. The highest BCUT2D eigenvalue weighted by atomic mass is 14.7. The molecule has 50 valence electrons. The van der Waals surface area contributed by atoms with Crippen LogP contribution in [0.1, 0.15) is 34.1 Å². The molecule has 2 N–H and O–H groups in total. The van der Waals surface area contributed by atoms with Gasteiger partial charge in [0.15, 0.2) is 0 Å². The Hall–Kier alpha value is -0.0400. The van der Waals surface area contributed by atoms with Gasteiger partial charge in [-0.3, -0.25) is 0 Å². The van der Waals surface area contributed by atoms with E-state index in [9.17, 15) is 0 Å². The minimum atomic E-state index is 0.0417. The minimum Gasteiger partial charge on any atom is -0.325 e. The van der Waals surface area contributed by atoms with E-state index >= 15 is 0 Å². The summed E-state index contributed by atoms with van der Waals surface area (Å²) < 4.78 is 0. The van der Waals surface area contributed by atoms with Gasteiger partial charge in [-0.05, 0) is 19.3 Å². The van der Waals surface area contributed by atoms with Crippen molar-refractivity contribution in [3.05, 3.63) is 0 Å². The lowest BCUT2D eigenvalue weighted by molar-refractivity contribution is 0.329. The molecule has 0 amide bonds. The summed E-state index contributed by atoms with van der Waals surface area (Å²) >= 11 is 0. The lowest BCUT2D eigenvalue weighted by atomic mass is 9.87. The minimum absolute atomic E-state index is 0.0417. The monoisotopic (exact) mass is 115 g/mol. The Balaban J connectivity index is 3.71. The van der Waals surface area contributed by atoms with Crippen LogP contribution in [0.3, 0.4) is 0 Å². The van der Waals surface area contributed by atoms with Crippen molar-refractivity contribution in [2.24, 2.45) is 11.7 Å². The Morgan fingerprint density at radius 1 is 1.50 bits per heavy atom. The summed E-state index contributed by atoms with van der Waals surface area (Å²) in [6, 6.07) is 0. The first-order valence-electron chi connectivity index (χ1n) is 3.29. The lowest BCUT2D eigenvalue weighted by Gasteiger charge is -2.27. The molecule has 1 unspecified atom stereocenters. The van der Waals surface area contributed by atoms with Gasteiger partial charge in [-0.1, -0.05) is 20.8 Å². The van der Waals surface area contributed by atoms with Crippen LogP contribution in [0.5, 0.6) is 0 Å². The van der Waals surface area contributed by atoms with E-state index in [4.69, 9.17) is 5.73 Å². The van der Waals surface area contributed by atoms with Crippen molar-refractivity contribution in [2.45, 2.75) is 39.7 Å². The van der Waals surface area contributed by atoms with Gasteiger partial charge in [0.1, 0.15) is 0 Å². The van der Waals surface area contributed by atoms with Gasteiger partial charge >= 0.3 is 0 Å². The first kappa shape index (κ1) is 7.96. The summed E-state index contributed by atoms with van der Waals surface area (Å²) in [4.78, 5) is 0. The average molecular weight is 115 g/mol. The predicted molar refractivity (Wildman–Crippen MR) is 37.7 cm³/mol. The molecule has 0 rings (SSSR count). The SMILES string of the molecule is CCC(C)(N)C(C)C. The van der Waals surface area contributed by atoms with Crippen LogP contribution in [-0.4, -0.2) is 5.54 Å². The van der Waals surface area contributed by atoms with Gasteiger partial charge in [-0.2, -0.15) is 0 Å². The van der Waals surface area contributed by atoms with Crippen molar-refractivity contribution >= 4 is 0 Å². The number of hydrogen-bond acceptors (Lipinski definition) is 1. The van der Waals surface area contributed by atoms with Crippen molar-refractivity contribution < 1.29 is 0 Å². The van der Waals surface area contributed by atoms with Crippen LogP contribution in [0.2, 0.25) is 0 Å². The summed E-state index contributed by atoms with van der Waals surface area (Å²) in [5, 5.41) is 0. The summed E-state index contributed by atoms with van der Waals surface area (Å²) in [7, 11) is 0. The molecule has 0 bridgehead atoms. The van der Waals surface area contributed by atoms with E-state index < -0.39 is 0 Å². The summed E-state index contributed by atoms with van der Waals surface area (Å²) in [5.41, 5.74) is 5.90. The van der Waals surface area contributed by atoms with Gasteiger partial charge in [0.25, 0.3) is 0 Å². The van der Waals surface area contributed by atoms with Gasteiger partial charge in [-0.25, -0.2) is 0 Å². The van der Waals surface area contributed by atoms with Crippen molar-refractivity contribution in [3.63, 3.8) is 0 Å². The molecule has 0 aromatic carbocycles. The Morgan fingerprint density at radius 2 is 1.88 bits per heavy atom. The predicted octanol–water partition coefficient (Wildman–Crippen LogP) is 1.77. The maximum Gasteiger partial charge on any atom is 0.0146 e. The zero-order valence-electron chi connectivity index (χ0n) is 6.36. The number of nitrogens with two attached hydrogens (primary N) is 1. The van der Waals surface area contributed by atoms with Gasteiger partial charge in [0.05, 0.1) is 0 Å². The van der Waals surface area contributed by atoms with E-state index in [1.807, 2.05) is 0 Å². The van der Waals surface area contributed by atoms with Crippen LogP contribution in [0.15, 0.2) is 0 Å².